The topological polar surface area (TPSA) is 70.3 Å². The lowest BCUT2D eigenvalue weighted by Gasteiger charge is -2.12. The number of carboxylic acids is 1. The minimum Gasteiger partial charge on any atom is -0.478 e. The highest BCUT2D eigenvalue weighted by molar-refractivity contribution is 9.10. The molecular formula is C15H10BrNO3. The van der Waals surface area contributed by atoms with Crippen LogP contribution in [0.4, 0.5) is 0 Å². The van der Waals surface area contributed by atoms with Crippen LogP contribution in [-0.4, -0.2) is 11.1 Å². The molecule has 5 heteroatoms. The summed E-state index contributed by atoms with van der Waals surface area (Å²) in [5, 5.41) is 18.3. The molecule has 0 atom stereocenters. The number of halogens is 1. The van der Waals surface area contributed by atoms with E-state index in [4.69, 9.17) is 10.00 Å². The SMILES string of the molecule is Cc1cccc(C(=O)O)c1Oc1cc(Br)ccc1C#N. The van der Waals surface area contributed by atoms with Gasteiger partial charge in [-0.25, -0.2) is 4.79 Å². The molecule has 4 nitrogen and oxygen atoms in total. The summed E-state index contributed by atoms with van der Waals surface area (Å²) < 4.78 is 6.42. The van der Waals surface area contributed by atoms with Gasteiger partial charge in [0.15, 0.2) is 0 Å². The number of hydrogen-bond acceptors (Lipinski definition) is 3. The fourth-order valence-corrected chi connectivity index (χ4v) is 2.08. The maximum atomic E-state index is 11.2. The zero-order valence-corrected chi connectivity index (χ0v) is 12.1. The van der Waals surface area contributed by atoms with Gasteiger partial charge in [0.05, 0.1) is 5.56 Å². The quantitative estimate of drug-likeness (QED) is 0.918. The predicted octanol–water partition coefficient (Wildman–Crippen LogP) is 4.12. The summed E-state index contributed by atoms with van der Waals surface area (Å²) in [6.07, 6.45) is 0. The number of nitriles is 1. The average molecular weight is 332 g/mol. The number of rotatable bonds is 3. The maximum absolute atomic E-state index is 11.2. The second-order valence-electron chi connectivity index (χ2n) is 4.11. The summed E-state index contributed by atoms with van der Waals surface area (Å²) in [6, 6.07) is 11.9. The number of aryl methyl sites for hydroxylation is 1. The Labute approximate surface area is 124 Å². The van der Waals surface area contributed by atoms with Crippen molar-refractivity contribution in [1.29, 1.82) is 5.26 Å². The van der Waals surface area contributed by atoms with Crippen molar-refractivity contribution in [3.05, 3.63) is 57.6 Å². The van der Waals surface area contributed by atoms with Crippen molar-refractivity contribution in [3.8, 4) is 17.6 Å². The van der Waals surface area contributed by atoms with Gasteiger partial charge in [-0.3, -0.25) is 0 Å². The zero-order valence-electron chi connectivity index (χ0n) is 10.6. The van der Waals surface area contributed by atoms with E-state index in [0.29, 0.717) is 16.9 Å². The standard InChI is InChI=1S/C15H10BrNO3/c1-9-3-2-4-12(15(18)19)14(9)20-13-7-11(16)6-5-10(13)8-17/h2-7H,1H3,(H,18,19). The molecule has 0 aliphatic heterocycles. The monoisotopic (exact) mass is 331 g/mol. The van der Waals surface area contributed by atoms with Crippen molar-refractivity contribution in [2.24, 2.45) is 0 Å². The van der Waals surface area contributed by atoms with Gasteiger partial charge in [0.25, 0.3) is 0 Å². The Balaban J connectivity index is 2.53. The molecule has 0 saturated carbocycles. The van der Waals surface area contributed by atoms with E-state index in [1.807, 2.05) is 6.07 Å². The summed E-state index contributed by atoms with van der Waals surface area (Å²) in [7, 11) is 0. The Kier molecular flexibility index (Phi) is 4.06. The van der Waals surface area contributed by atoms with Gasteiger partial charge in [-0.05, 0) is 36.8 Å². The second kappa shape index (κ2) is 5.76. The third kappa shape index (κ3) is 2.81. The highest BCUT2D eigenvalue weighted by Gasteiger charge is 2.16. The van der Waals surface area contributed by atoms with Crippen LogP contribution >= 0.6 is 15.9 Å². The predicted molar refractivity (Wildman–Crippen MR) is 77.1 cm³/mol. The van der Waals surface area contributed by atoms with Crippen LogP contribution in [0.5, 0.6) is 11.5 Å². The Morgan fingerprint density at radius 2 is 2.10 bits per heavy atom. The van der Waals surface area contributed by atoms with Gasteiger partial charge < -0.3 is 9.84 Å². The number of ether oxygens (including phenoxy) is 1. The maximum Gasteiger partial charge on any atom is 0.339 e. The number of carboxylic acid groups (broad SMARTS) is 1. The highest BCUT2D eigenvalue weighted by Crippen LogP contribution is 2.32. The van der Waals surface area contributed by atoms with Gasteiger partial charge in [-0.15, -0.1) is 0 Å². The number of aromatic carboxylic acids is 1. The molecule has 0 heterocycles. The fourth-order valence-electron chi connectivity index (χ4n) is 1.74. The third-order valence-corrected chi connectivity index (χ3v) is 3.21. The summed E-state index contributed by atoms with van der Waals surface area (Å²) in [4.78, 5) is 11.2. The molecule has 0 radical (unpaired) electrons. The molecule has 0 amide bonds. The van der Waals surface area contributed by atoms with E-state index < -0.39 is 5.97 Å². The van der Waals surface area contributed by atoms with Crippen molar-refractivity contribution >= 4 is 21.9 Å². The Bertz CT molecular complexity index is 720. The molecule has 0 bridgehead atoms. The molecule has 20 heavy (non-hydrogen) atoms. The molecule has 0 spiro atoms. The molecule has 0 aliphatic rings. The number of para-hydroxylation sites is 1. The van der Waals surface area contributed by atoms with Crippen LogP contribution in [0.3, 0.4) is 0 Å². The molecule has 100 valence electrons. The van der Waals surface area contributed by atoms with E-state index in [-0.39, 0.29) is 11.3 Å². The number of carbonyl (C=O) groups is 1. The molecule has 1 N–H and O–H groups in total. The van der Waals surface area contributed by atoms with Crippen LogP contribution in [0.25, 0.3) is 0 Å². The van der Waals surface area contributed by atoms with E-state index in [2.05, 4.69) is 15.9 Å². The first-order valence-electron chi connectivity index (χ1n) is 5.73. The van der Waals surface area contributed by atoms with Gasteiger partial charge in [-0.1, -0.05) is 28.1 Å². The molecule has 2 aromatic carbocycles. The van der Waals surface area contributed by atoms with Gasteiger partial charge in [-0.2, -0.15) is 5.26 Å². The fraction of sp³-hybridized carbons (Fsp3) is 0.0667. The van der Waals surface area contributed by atoms with E-state index in [1.54, 1.807) is 37.3 Å². The average Bonchev–Trinajstić information content (AvgIpc) is 2.41. The third-order valence-electron chi connectivity index (χ3n) is 2.72. The zero-order chi connectivity index (χ0) is 14.7. The van der Waals surface area contributed by atoms with Crippen molar-refractivity contribution in [3.63, 3.8) is 0 Å². The first-order valence-corrected chi connectivity index (χ1v) is 6.52. The molecule has 0 fully saturated rings. The normalized spacial score (nSPS) is 9.85. The first-order chi connectivity index (χ1) is 9.52. The minimum absolute atomic E-state index is 0.0638. The second-order valence-corrected chi connectivity index (χ2v) is 5.03. The molecule has 0 saturated heterocycles. The lowest BCUT2D eigenvalue weighted by atomic mass is 10.1. The van der Waals surface area contributed by atoms with Gasteiger partial charge in [0, 0.05) is 4.47 Å². The van der Waals surface area contributed by atoms with Crippen LogP contribution in [0.2, 0.25) is 0 Å². The van der Waals surface area contributed by atoms with Crippen molar-refractivity contribution in [2.75, 3.05) is 0 Å². The number of benzene rings is 2. The number of nitrogens with zero attached hydrogens (tertiary/aromatic N) is 1. The van der Waals surface area contributed by atoms with Gasteiger partial charge in [0.1, 0.15) is 23.1 Å². The van der Waals surface area contributed by atoms with E-state index >= 15 is 0 Å². The van der Waals surface area contributed by atoms with E-state index in [0.717, 1.165) is 4.47 Å². The van der Waals surface area contributed by atoms with Crippen molar-refractivity contribution in [2.45, 2.75) is 6.92 Å². The highest BCUT2D eigenvalue weighted by atomic mass is 79.9. The minimum atomic E-state index is -1.07. The largest absolute Gasteiger partial charge is 0.478 e. The van der Waals surface area contributed by atoms with Gasteiger partial charge >= 0.3 is 5.97 Å². The molecule has 0 unspecified atom stereocenters. The summed E-state index contributed by atoms with van der Waals surface area (Å²) in [5.74, 6) is -0.509. The summed E-state index contributed by atoms with van der Waals surface area (Å²) >= 11 is 3.30. The van der Waals surface area contributed by atoms with Crippen LogP contribution in [0, 0.1) is 18.3 Å². The number of hydrogen-bond donors (Lipinski definition) is 1. The molecule has 2 aromatic rings. The lowest BCUT2D eigenvalue weighted by molar-refractivity contribution is 0.0694. The first kappa shape index (κ1) is 14.1. The van der Waals surface area contributed by atoms with Crippen LogP contribution in [0.15, 0.2) is 40.9 Å². The molecule has 2 rings (SSSR count). The van der Waals surface area contributed by atoms with E-state index in [9.17, 15) is 9.90 Å². The van der Waals surface area contributed by atoms with Gasteiger partial charge in [0.2, 0.25) is 0 Å². The van der Waals surface area contributed by atoms with Crippen molar-refractivity contribution in [1.82, 2.24) is 0 Å². The van der Waals surface area contributed by atoms with Crippen molar-refractivity contribution < 1.29 is 14.6 Å². The summed E-state index contributed by atoms with van der Waals surface area (Å²) in [6.45, 7) is 1.76. The van der Waals surface area contributed by atoms with Crippen LogP contribution in [-0.2, 0) is 0 Å². The van der Waals surface area contributed by atoms with Crippen LogP contribution < -0.4 is 4.74 Å². The smallest absolute Gasteiger partial charge is 0.339 e. The van der Waals surface area contributed by atoms with Crippen LogP contribution in [0.1, 0.15) is 21.5 Å². The molecular weight excluding hydrogens is 322 g/mol. The molecule has 0 aliphatic carbocycles. The Hall–Kier alpha value is -2.32. The molecule has 0 aromatic heterocycles. The van der Waals surface area contributed by atoms with E-state index in [1.165, 1.54) is 6.07 Å². The lowest BCUT2D eigenvalue weighted by Crippen LogP contribution is -2.02. The Morgan fingerprint density at radius 3 is 2.75 bits per heavy atom. The summed E-state index contributed by atoms with van der Waals surface area (Å²) in [5.41, 5.74) is 1.09. The Morgan fingerprint density at radius 1 is 1.35 bits per heavy atom.